The first-order valence-corrected chi connectivity index (χ1v) is 8.13. The van der Waals surface area contributed by atoms with E-state index in [0.29, 0.717) is 22.4 Å². The van der Waals surface area contributed by atoms with Gasteiger partial charge in [0.15, 0.2) is 0 Å². The molecule has 1 aromatic heterocycles. The van der Waals surface area contributed by atoms with Gasteiger partial charge in [-0.3, -0.25) is 4.79 Å². The molecule has 1 fully saturated rings. The zero-order valence-corrected chi connectivity index (χ0v) is 12.1. The smallest absolute Gasteiger partial charge is 0.252 e. The van der Waals surface area contributed by atoms with Crippen LogP contribution in [0.3, 0.4) is 0 Å². The lowest BCUT2D eigenvalue weighted by Gasteiger charge is -2.21. The fraction of sp³-hybridized carbons (Fsp3) is 0.455. The molecule has 2 rings (SSSR count). The highest BCUT2D eigenvalue weighted by molar-refractivity contribution is 8.06. The van der Waals surface area contributed by atoms with E-state index < -0.39 is 0 Å². The van der Waals surface area contributed by atoms with E-state index in [4.69, 9.17) is 17.3 Å². The summed E-state index contributed by atoms with van der Waals surface area (Å²) < 4.78 is 0. The molecular weight excluding hydrogens is 290 g/mol. The first-order valence-electron chi connectivity index (χ1n) is 5.55. The first kappa shape index (κ1) is 13.8. The molecule has 1 aliphatic heterocycles. The molecule has 2 heterocycles. The maximum atomic E-state index is 11.9. The van der Waals surface area contributed by atoms with Crippen LogP contribution in [-0.2, 0) is 0 Å². The molecule has 1 saturated heterocycles. The third kappa shape index (κ3) is 3.70. The van der Waals surface area contributed by atoms with Gasteiger partial charge in [0.05, 0.1) is 10.6 Å². The summed E-state index contributed by atoms with van der Waals surface area (Å²) in [6, 6.07) is 1.54. The van der Waals surface area contributed by atoms with Gasteiger partial charge >= 0.3 is 0 Å². The van der Waals surface area contributed by atoms with Crippen molar-refractivity contribution in [3.63, 3.8) is 0 Å². The number of nitrogens with zero attached hydrogens (tertiary/aromatic N) is 1. The number of anilines is 1. The number of carbonyl (C=O) groups excluding carboxylic acids is 1. The molecule has 3 N–H and O–H groups in total. The monoisotopic (exact) mass is 303 g/mol. The van der Waals surface area contributed by atoms with Crippen molar-refractivity contribution in [2.24, 2.45) is 0 Å². The van der Waals surface area contributed by atoms with Crippen molar-refractivity contribution in [1.82, 2.24) is 10.3 Å². The van der Waals surface area contributed by atoms with Crippen LogP contribution in [0.2, 0.25) is 5.02 Å². The summed E-state index contributed by atoms with van der Waals surface area (Å²) in [5, 5.41) is 3.70. The number of hydrogen-bond acceptors (Lipinski definition) is 5. The highest BCUT2D eigenvalue weighted by atomic mass is 35.5. The third-order valence-electron chi connectivity index (χ3n) is 2.51. The molecule has 0 aromatic carbocycles. The first-order chi connectivity index (χ1) is 8.66. The van der Waals surface area contributed by atoms with E-state index in [2.05, 4.69) is 10.3 Å². The molecule has 18 heavy (non-hydrogen) atoms. The minimum absolute atomic E-state index is 0.152. The Labute approximate surface area is 119 Å². The number of halogens is 1. The van der Waals surface area contributed by atoms with Crippen LogP contribution in [0.4, 0.5) is 5.82 Å². The number of thioether (sulfide) groups is 2. The van der Waals surface area contributed by atoms with Crippen LogP contribution >= 0.6 is 35.1 Å². The lowest BCUT2D eigenvalue weighted by atomic mass is 10.2. The Morgan fingerprint density at radius 2 is 2.44 bits per heavy atom. The Hall–Kier alpha value is -0.590. The van der Waals surface area contributed by atoms with Gasteiger partial charge in [-0.1, -0.05) is 11.6 Å². The Morgan fingerprint density at radius 3 is 3.11 bits per heavy atom. The van der Waals surface area contributed by atoms with Crippen molar-refractivity contribution in [2.75, 3.05) is 29.5 Å². The molecule has 1 amide bonds. The molecular formula is C11H14ClN3OS2. The summed E-state index contributed by atoms with van der Waals surface area (Å²) >= 11 is 9.67. The molecule has 0 aliphatic carbocycles. The zero-order chi connectivity index (χ0) is 13.0. The fourth-order valence-electron chi connectivity index (χ4n) is 1.54. The Bertz CT molecular complexity index is 438. The maximum absolute atomic E-state index is 11.9. The number of rotatable bonds is 3. The molecule has 0 radical (unpaired) electrons. The van der Waals surface area contributed by atoms with Crippen molar-refractivity contribution in [2.45, 2.75) is 5.25 Å². The van der Waals surface area contributed by atoms with Gasteiger partial charge in [-0.25, -0.2) is 4.98 Å². The van der Waals surface area contributed by atoms with Crippen molar-refractivity contribution >= 4 is 46.8 Å². The predicted molar refractivity (Wildman–Crippen MR) is 79.6 cm³/mol. The number of amides is 1. The quantitative estimate of drug-likeness (QED) is 0.892. The average Bonchev–Trinajstić information content (AvgIpc) is 2.40. The van der Waals surface area contributed by atoms with Crippen LogP contribution in [0, 0.1) is 0 Å². The van der Waals surface area contributed by atoms with E-state index in [0.717, 1.165) is 11.5 Å². The summed E-state index contributed by atoms with van der Waals surface area (Å²) in [6.45, 7) is 0.679. The second kappa shape index (κ2) is 6.54. The van der Waals surface area contributed by atoms with Crippen molar-refractivity contribution < 1.29 is 4.79 Å². The van der Waals surface area contributed by atoms with E-state index in [1.807, 2.05) is 23.5 Å². The summed E-state index contributed by atoms with van der Waals surface area (Å²) in [6.07, 6.45) is 1.44. The van der Waals surface area contributed by atoms with E-state index in [-0.39, 0.29) is 11.7 Å². The molecule has 1 unspecified atom stereocenters. The number of hydrogen-bond donors (Lipinski definition) is 2. The number of pyridine rings is 1. The van der Waals surface area contributed by atoms with Crippen LogP contribution in [0.5, 0.6) is 0 Å². The molecule has 0 saturated carbocycles. The van der Waals surface area contributed by atoms with Crippen LogP contribution < -0.4 is 11.1 Å². The molecule has 0 spiro atoms. The topological polar surface area (TPSA) is 68.0 Å². The Balaban J connectivity index is 1.88. The summed E-state index contributed by atoms with van der Waals surface area (Å²) in [5.74, 6) is 3.53. The lowest BCUT2D eigenvalue weighted by Crippen LogP contribution is -2.33. The second-order valence-electron chi connectivity index (χ2n) is 3.87. The van der Waals surface area contributed by atoms with Gasteiger partial charge < -0.3 is 11.1 Å². The van der Waals surface area contributed by atoms with Crippen molar-refractivity contribution in [1.29, 1.82) is 0 Å². The van der Waals surface area contributed by atoms with Gasteiger partial charge in [-0.15, -0.1) is 0 Å². The molecule has 1 aliphatic rings. The maximum Gasteiger partial charge on any atom is 0.252 e. The van der Waals surface area contributed by atoms with Gasteiger partial charge in [0.1, 0.15) is 5.82 Å². The van der Waals surface area contributed by atoms with Gasteiger partial charge in [0.25, 0.3) is 5.91 Å². The zero-order valence-electron chi connectivity index (χ0n) is 9.69. The number of nitrogens with one attached hydrogen (secondary N) is 1. The fourth-order valence-corrected chi connectivity index (χ4v) is 4.31. The van der Waals surface area contributed by atoms with E-state index in [1.54, 1.807) is 6.07 Å². The summed E-state index contributed by atoms with van der Waals surface area (Å²) in [5.41, 5.74) is 5.95. The van der Waals surface area contributed by atoms with E-state index >= 15 is 0 Å². The summed E-state index contributed by atoms with van der Waals surface area (Å²) in [7, 11) is 0. The predicted octanol–water partition coefficient (Wildman–Crippen LogP) is 1.90. The normalized spacial score (nSPS) is 19.5. The number of aromatic nitrogens is 1. The van der Waals surface area contributed by atoms with E-state index in [1.165, 1.54) is 11.9 Å². The number of nitrogen functional groups attached to an aromatic ring is 1. The van der Waals surface area contributed by atoms with Crippen LogP contribution in [0.1, 0.15) is 10.4 Å². The molecule has 1 atom stereocenters. The van der Waals surface area contributed by atoms with Gasteiger partial charge in [0.2, 0.25) is 0 Å². The average molecular weight is 304 g/mol. The van der Waals surface area contributed by atoms with Gasteiger partial charge in [0, 0.05) is 35.3 Å². The SMILES string of the molecule is Nc1ncc(C(=O)NCC2CSCCS2)cc1Cl. The van der Waals surface area contributed by atoms with Crippen LogP contribution in [0.15, 0.2) is 12.3 Å². The number of carbonyl (C=O) groups is 1. The molecule has 0 bridgehead atoms. The highest BCUT2D eigenvalue weighted by Gasteiger charge is 2.16. The Morgan fingerprint density at radius 1 is 1.61 bits per heavy atom. The van der Waals surface area contributed by atoms with E-state index in [9.17, 15) is 4.79 Å². The third-order valence-corrected chi connectivity index (χ3v) is 5.65. The van der Waals surface area contributed by atoms with Crippen LogP contribution in [0.25, 0.3) is 0 Å². The summed E-state index contributed by atoms with van der Waals surface area (Å²) in [4.78, 5) is 15.8. The second-order valence-corrected chi connectivity index (χ2v) is 6.83. The highest BCUT2D eigenvalue weighted by Crippen LogP contribution is 2.23. The van der Waals surface area contributed by atoms with Gasteiger partial charge in [-0.2, -0.15) is 23.5 Å². The molecule has 7 heteroatoms. The molecule has 98 valence electrons. The number of nitrogens with two attached hydrogens (primary N) is 1. The largest absolute Gasteiger partial charge is 0.382 e. The van der Waals surface area contributed by atoms with Crippen molar-refractivity contribution in [3.8, 4) is 0 Å². The van der Waals surface area contributed by atoms with Crippen LogP contribution in [-0.4, -0.2) is 39.9 Å². The van der Waals surface area contributed by atoms with Crippen molar-refractivity contribution in [3.05, 3.63) is 22.8 Å². The molecule has 1 aromatic rings. The standard InChI is InChI=1S/C11H14ClN3OS2/c12-9-3-7(4-14-10(9)13)11(16)15-5-8-6-17-1-2-18-8/h3-4,8H,1-2,5-6H2,(H2,13,14)(H,15,16). The lowest BCUT2D eigenvalue weighted by molar-refractivity contribution is 0.0954. The molecule has 4 nitrogen and oxygen atoms in total. The van der Waals surface area contributed by atoms with Gasteiger partial charge in [-0.05, 0) is 6.07 Å². The minimum atomic E-state index is -0.152. The minimum Gasteiger partial charge on any atom is -0.382 e. The Kier molecular flexibility index (Phi) is 5.03.